The molecule has 1 aromatic rings. The Hall–Kier alpha value is -1.71. The van der Waals surface area contributed by atoms with Gasteiger partial charge in [-0.3, -0.25) is 0 Å². The minimum atomic E-state index is -0.0397. The highest BCUT2D eigenvalue weighted by Gasteiger charge is 2.53. The molecular weight excluding hydrogens is 324 g/mol. The Labute approximate surface area is 157 Å². The quantitative estimate of drug-likeness (QED) is 0.789. The molecule has 4 bridgehead atoms. The molecule has 0 aromatic heterocycles. The van der Waals surface area contributed by atoms with E-state index in [1.54, 1.807) is 0 Å². The Morgan fingerprint density at radius 1 is 1.12 bits per heavy atom. The van der Waals surface area contributed by atoms with Crippen molar-refractivity contribution in [2.75, 3.05) is 6.61 Å². The van der Waals surface area contributed by atoms with Crippen LogP contribution in [0.1, 0.15) is 57.9 Å². The molecule has 0 spiro atoms. The average molecular weight is 357 g/mol. The van der Waals surface area contributed by atoms with Gasteiger partial charge in [0.1, 0.15) is 5.75 Å². The van der Waals surface area contributed by atoms with Gasteiger partial charge in [0.2, 0.25) is 0 Å². The zero-order valence-electron chi connectivity index (χ0n) is 16.1. The summed E-state index contributed by atoms with van der Waals surface area (Å²) < 4.78 is 5.46. The molecule has 0 radical (unpaired) electrons. The minimum Gasteiger partial charge on any atom is -0.494 e. The summed E-state index contributed by atoms with van der Waals surface area (Å²) in [7, 11) is 0. The number of benzene rings is 1. The van der Waals surface area contributed by atoms with E-state index in [-0.39, 0.29) is 12.1 Å². The lowest BCUT2D eigenvalue weighted by Crippen LogP contribution is -2.57. The highest BCUT2D eigenvalue weighted by Crippen LogP contribution is 2.61. The monoisotopic (exact) mass is 356 g/mol. The fraction of sp³-hybridized carbons (Fsp3) is 0.682. The Bertz CT molecular complexity index is 605. The molecule has 1 aromatic carbocycles. The van der Waals surface area contributed by atoms with Crippen LogP contribution in [0.15, 0.2) is 24.3 Å². The number of amides is 2. The van der Waals surface area contributed by atoms with Crippen LogP contribution in [-0.2, 0) is 6.54 Å². The fourth-order valence-corrected chi connectivity index (χ4v) is 6.16. The number of nitrogens with one attached hydrogen (secondary N) is 2. The smallest absolute Gasteiger partial charge is 0.315 e. The third-order valence-corrected chi connectivity index (χ3v) is 7.04. The third kappa shape index (κ3) is 3.56. The first kappa shape index (κ1) is 17.7. The van der Waals surface area contributed by atoms with Crippen LogP contribution in [0, 0.1) is 23.2 Å². The van der Waals surface area contributed by atoms with E-state index in [0.29, 0.717) is 18.6 Å². The van der Waals surface area contributed by atoms with E-state index in [0.717, 1.165) is 29.1 Å². The molecule has 1 unspecified atom stereocenters. The molecule has 26 heavy (non-hydrogen) atoms. The van der Waals surface area contributed by atoms with Gasteiger partial charge in [-0.25, -0.2) is 4.79 Å². The van der Waals surface area contributed by atoms with Crippen molar-refractivity contribution in [2.24, 2.45) is 23.2 Å². The van der Waals surface area contributed by atoms with Crippen LogP contribution < -0.4 is 15.4 Å². The van der Waals surface area contributed by atoms with E-state index in [9.17, 15) is 4.79 Å². The summed E-state index contributed by atoms with van der Waals surface area (Å²) in [5.41, 5.74) is 1.44. The summed E-state index contributed by atoms with van der Waals surface area (Å²) in [6.07, 6.45) is 8.28. The summed E-state index contributed by atoms with van der Waals surface area (Å²) in [6, 6.07) is 8.15. The SMILES string of the molecule is CCOc1ccc(CNC(=O)NC(C)C23CC4CC(CC(C4)C2)C3)cc1. The standard InChI is InChI=1S/C22H32N2O2/c1-3-26-20-6-4-16(5-7-20)14-23-21(25)24-15(2)22-11-17-8-18(12-22)10-19(9-17)13-22/h4-7,15,17-19H,3,8-14H2,1-2H3,(H2,23,24,25). The molecule has 2 N–H and O–H groups in total. The first-order valence-corrected chi connectivity index (χ1v) is 10.3. The number of ether oxygens (including phenoxy) is 1. The molecule has 4 heteroatoms. The predicted octanol–water partition coefficient (Wildman–Crippen LogP) is 4.49. The van der Waals surface area contributed by atoms with Crippen molar-refractivity contribution >= 4 is 6.03 Å². The van der Waals surface area contributed by atoms with Gasteiger partial charge >= 0.3 is 6.03 Å². The van der Waals surface area contributed by atoms with Crippen LogP contribution in [0.2, 0.25) is 0 Å². The topological polar surface area (TPSA) is 50.4 Å². The second-order valence-electron chi connectivity index (χ2n) is 8.91. The van der Waals surface area contributed by atoms with E-state index in [4.69, 9.17) is 4.74 Å². The van der Waals surface area contributed by atoms with Gasteiger partial charge in [-0.15, -0.1) is 0 Å². The molecule has 142 valence electrons. The van der Waals surface area contributed by atoms with Crippen molar-refractivity contribution in [1.82, 2.24) is 10.6 Å². The number of carbonyl (C=O) groups excluding carboxylic acids is 1. The lowest BCUT2D eigenvalue weighted by Gasteiger charge is -2.59. The normalized spacial score (nSPS) is 32.9. The van der Waals surface area contributed by atoms with Crippen molar-refractivity contribution in [3.63, 3.8) is 0 Å². The van der Waals surface area contributed by atoms with E-state index in [1.165, 1.54) is 38.5 Å². The maximum absolute atomic E-state index is 12.4. The maximum Gasteiger partial charge on any atom is 0.315 e. The molecule has 1 atom stereocenters. The molecule has 0 heterocycles. The Morgan fingerprint density at radius 3 is 2.23 bits per heavy atom. The Balaban J connectivity index is 1.29. The van der Waals surface area contributed by atoms with Gasteiger partial charge in [0.05, 0.1) is 6.61 Å². The predicted molar refractivity (Wildman–Crippen MR) is 103 cm³/mol. The van der Waals surface area contributed by atoms with E-state index in [2.05, 4.69) is 17.6 Å². The van der Waals surface area contributed by atoms with Gasteiger partial charge < -0.3 is 15.4 Å². The highest BCUT2D eigenvalue weighted by molar-refractivity contribution is 5.74. The van der Waals surface area contributed by atoms with Gasteiger partial charge in [0, 0.05) is 12.6 Å². The van der Waals surface area contributed by atoms with Crippen molar-refractivity contribution in [3.8, 4) is 5.75 Å². The molecule has 2 amide bonds. The van der Waals surface area contributed by atoms with Crippen LogP contribution in [0.5, 0.6) is 5.75 Å². The molecule has 4 nitrogen and oxygen atoms in total. The third-order valence-electron chi connectivity index (χ3n) is 7.04. The van der Waals surface area contributed by atoms with Gasteiger partial charge in [0.25, 0.3) is 0 Å². The van der Waals surface area contributed by atoms with Gasteiger partial charge in [-0.05, 0) is 93.2 Å². The molecule has 4 aliphatic rings. The molecule has 5 rings (SSSR count). The highest BCUT2D eigenvalue weighted by atomic mass is 16.5. The minimum absolute atomic E-state index is 0.0397. The van der Waals surface area contributed by atoms with Gasteiger partial charge in [-0.1, -0.05) is 12.1 Å². The van der Waals surface area contributed by atoms with E-state index < -0.39 is 0 Å². The Morgan fingerprint density at radius 2 is 1.69 bits per heavy atom. The lowest BCUT2D eigenvalue weighted by atomic mass is 9.48. The van der Waals surface area contributed by atoms with E-state index >= 15 is 0 Å². The number of hydrogen-bond donors (Lipinski definition) is 2. The molecule has 0 aliphatic heterocycles. The van der Waals surface area contributed by atoms with Crippen molar-refractivity contribution < 1.29 is 9.53 Å². The zero-order chi connectivity index (χ0) is 18.1. The maximum atomic E-state index is 12.4. The Kier molecular flexibility index (Phi) is 4.85. The van der Waals surface area contributed by atoms with Crippen LogP contribution in [0.25, 0.3) is 0 Å². The van der Waals surface area contributed by atoms with Crippen molar-refractivity contribution in [3.05, 3.63) is 29.8 Å². The lowest BCUT2D eigenvalue weighted by molar-refractivity contribution is -0.0682. The summed E-state index contributed by atoms with van der Waals surface area (Å²) in [4.78, 5) is 12.4. The van der Waals surface area contributed by atoms with Crippen LogP contribution in [-0.4, -0.2) is 18.7 Å². The van der Waals surface area contributed by atoms with Crippen LogP contribution >= 0.6 is 0 Å². The van der Waals surface area contributed by atoms with Crippen LogP contribution in [0.4, 0.5) is 4.79 Å². The van der Waals surface area contributed by atoms with Gasteiger partial charge in [-0.2, -0.15) is 0 Å². The van der Waals surface area contributed by atoms with Crippen molar-refractivity contribution in [2.45, 2.75) is 65.0 Å². The van der Waals surface area contributed by atoms with Crippen LogP contribution in [0.3, 0.4) is 0 Å². The molecular formula is C22H32N2O2. The molecule has 4 saturated carbocycles. The first-order valence-electron chi connectivity index (χ1n) is 10.3. The fourth-order valence-electron chi connectivity index (χ4n) is 6.16. The van der Waals surface area contributed by atoms with E-state index in [1.807, 2.05) is 31.2 Å². The number of carbonyl (C=O) groups is 1. The average Bonchev–Trinajstić information content (AvgIpc) is 2.60. The van der Waals surface area contributed by atoms with Crippen molar-refractivity contribution in [1.29, 1.82) is 0 Å². The second-order valence-corrected chi connectivity index (χ2v) is 8.91. The number of hydrogen-bond acceptors (Lipinski definition) is 2. The molecule has 4 fully saturated rings. The van der Waals surface area contributed by atoms with Gasteiger partial charge in [0.15, 0.2) is 0 Å². The summed E-state index contributed by atoms with van der Waals surface area (Å²) in [5, 5.41) is 6.29. The second kappa shape index (κ2) is 7.13. The zero-order valence-corrected chi connectivity index (χ0v) is 16.1. The summed E-state index contributed by atoms with van der Waals surface area (Å²) in [5.74, 6) is 3.61. The number of urea groups is 1. The summed E-state index contributed by atoms with van der Waals surface area (Å²) >= 11 is 0. The molecule has 0 saturated heterocycles. The first-order chi connectivity index (χ1) is 12.6. The largest absolute Gasteiger partial charge is 0.494 e. The molecule has 4 aliphatic carbocycles. The number of rotatable bonds is 6. The summed E-state index contributed by atoms with van der Waals surface area (Å²) in [6.45, 7) is 5.42.